The van der Waals surface area contributed by atoms with Crippen LogP contribution in [0.15, 0.2) is 0 Å². The Labute approximate surface area is 154 Å². The van der Waals surface area contributed by atoms with E-state index < -0.39 is 43.3 Å². The summed E-state index contributed by atoms with van der Waals surface area (Å²) < 4.78 is 7.93. The lowest BCUT2D eigenvalue weighted by Crippen LogP contribution is -2.42. The molecule has 13 heteroatoms. The third kappa shape index (κ3) is 14.1. The van der Waals surface area contributed by atoms with E-state index in [0.717, 1.165) is 0 Å². The Morgan fingerprint density at radius 3 is 1.59 bits per heavy atom. The second-order valence-corrected chi connectivity index (χ2v) is 5.63. The average molecular weight is 393 g/mol. The van der Waals surface area contributed by atoms with Crippen molar-refractivity contribution in [2.75, 3.05) is 59.9 Å². The maximum atomic E-state index is 11.3. The van der Waals surface area contributed by atoms with Crippen molar-refractivity contribution in [1.82, 2.24) is 14.7 Å². The zero-order valence-corrected chi connectivity index (χ0v) is 15.0. The van der Waals surface area contributed by atoms with Crippen LogP contribution in [-0.4, -0.2) is 120 Å². The van der Waals surface area contributed by atoms with Crippen molar-refractivity contribution in [3.05, 3.63) is 0 Å². The number of carbonyl (C=O) groups is 5. The predicted molar refractivity (Wildman–Crippen MR) is 87.3 cm³/mol. The number of carboxylic acids is 1. The molecule has 0 spiro atoms. The molecule has 0 fully saturated rings. The van der Waals surface area contributed by atoms with Crippen LogP contribution in [0.1, 0.15) is 0 Å². The van der Waals surface area contributed by atoms with E-state index in [1.54, 1.807) is 23.9 Å². The van der Waals surface area contributed by atoms with Crippen LogP contribution in [0, 0.1) is 0 Å². The Morgan fingerprint density at radius 2 is 1.11 bits per heavy atom. The van der Waals surface area contributed by atoms with Gasteiger partial charge in [0.25, 0.3) is 0 Å². The second kappa shape index (κ2) is 12.6. The van der Waals surface area contributed by atoms with Crippen LogP contribution in [0.3, 0.4) is 0 Å². The topological polar surface area (TPSA) is 174 Å². The van der Waals surface area contributed by atoms with E-state index in [1.807, 2.05) is 0 Å². The maximum absolute atomic E-state index is 11.3. The van der Waals surface area contributed by atoms with E-state index in [2.05, 4.69) is 9.47 Å². The molecule has 0 saturated heterocycles. The number of hydrogen-bond donors (Lipinski definition) is 3. The van der Waals surface area contributed by atoms with E-state index in [4.69, 9.17) is 15.3 Å². The lowest BCUT2D eigenvalue weighted by atomic mass is 10.4. The Bertz CT molecular complexity index is 553. The fraction of sp³-hybridized carbons (Fsp3) is 0.643. The number of nitrogens with zero attached hydrogens (tertiary/aromatic N) is 3. The van der Waals surface area contributed by atoms with Crippen molar-refractivity contribution >= 4 is 30.2 Å². The molecule has 154 valence electrons. The van der Waals surface area contributed by atoms with Crippen LogP contribution in [0.25, 0.3) is 0 Å². The summed E-state index contributed by atoms with van der Waals surface area (Å²) in [6, 6.07) is 0. The molecular weight excluding hydrogens is 370 g/mol. The molecule has 3 N–H and O–H groups in total. The summed E-state index contributed by atoms with van der Waals surface area (Å²) in [6.07, 6.45) is -3.44. The molecule has 0 amide bonds. The average Bonchev–Trinajstić information content (AvgIpc) is 2.48. The number of esters is 2. The summed E-state index contributed by atoms with van der Waals surface area (Å²) in [5, 5.41) is 25.6. The van der Waals surface area contributed by atoms with Gasteiger partial charge in [-0.25, -0.2) is 9.59 Å². The van der Waals surface area contributed by atoms with Crippen LogP contribution in [0.4, 0.5) is 9.59 Å². The third-order valence-corrected chi connectivity index (χ3v) is 3.17. The minimum Gasteiger partial charge on any atom is -0.480 e. The normalized spacial score (nSPS) is 10.9. The molecule has 13 nitrogen and oxygen atoms in total. The highest BCUT2D eigenvalue weighted by molar-refractivity contribution is 5.83. The van der Waals surface area contributed by atoms with Crippen molar-refractivity contribution in [2.24, 2.45) is 0 Å². The Balaban J connectivity index is 4.31. The first-order valence-corrected chi connectivity index (χ1v) is 7.68. The van der Waals surface area contributed by atoms with Crippen molar-refractivity contribution in [2.45, 2.75) is 0 Å². The summed E-state index contributed by atoms with van der Waals surface area (Å²) >= 11 is 0. The fourth-order valence-corrected chi connectivity index (χ4v) is 1.91. The molecule has 0 bridgehead atoms. The number of aliphatic carboxylic acids is 1. The van der Waals surface area contributed by atoms with Gasteiger partial charge >= 0.3 is 30.2 Å². The van der Waals surface area contributed by atoms with Crippen LogP contribution < -0.4 is 0 Å². The van der Waals surface area contributed by atoms with Crippen molar-refractivity contribution in [3.63, 3.8) is 0 Å². The number of carbonyl (C=O) groups excluding carboxylic acids is 2. The van der Waals surface area contributed by atoms with Crippen LogP contribution in [0.5, 0.6) is 0 Å². The number of carboxylic acid groups (broad SMARTS) is 3. The maximum Gasteiger partial charge on any atom is 0.513 e. The quantitative estimate of drug-likeness (QED) is 0.263. The number of hydrogen-bond acceptors (Lipinski definition) is 10. The molecule has 0 radical (unpaired) electrons. The monoisotopic (exact) mass is 393 g/mol. The molecular formula is C14H23N3O10. The molecule has 0 aromatic carbocycles. The van der Waals surface area contributed by atoms with E-state index in [0.29, 0.717) is 19.6 Å². The van der Waals surface area contributed by atoms with Crippen molar-refractivity contribution < 1.29 is 48.8 Å². The van der Waals surface area contributed by atoms with E-state index in [9.17, 15) is 24.0 Å². The van der Waals surface area contributed by atoms with Gasteiger partial charge < -0.3 is 29.7 Å². The highest BCUT2D eigenvalue weighted by atomic mass is 16.7. The minimum atomic E-state index is -1.77. The van der Waals surface area contributed by atoms with Gasteiger partial charge in [-0.1, -0.05) is 0 Å². The first-order chi connectivity index (χ1) is 12.5. The number of ether oxygens (including phenoxy) is 2. The molecule has 0 atom stereocenters. The minimum absolute atomic E-state index is 0.155. The summed E-state index contributed by atoms with van der Waals surface area (Å²) in [4.78, 5) is 58.5. The predicted octanol–water partition coefficient (Wildman–Crippen LogP) is -1.32. The first-order valence-electron chi connectivity index (χ1n) is 7.68. The number of rotatable bonds is 12. The molecule has 0 rings (SSSR count). The summed E-state index contributed by atoms with van der Waals surface area (Å²) in [5.41, 5.74) is 0. The van der Waals surface area contributed by atoms with Gasteiger partial charge in [0.15, 0.2) is 0 Å². The highest BCUT2D eigenvalue weighted by Gasteiger charge is 2.18. The molecule has 0 heterocycles. The molecule has 0 aromatic heterocycles. The van der Waals surface area contributed by atoms with Gasteiger partial charge in [-0.3, -0.25) is 24.2 Å². The van der Waals surface area contributed by atoms with Gasteiger partial charge in [-0.05, 0) is 14.1 Å². The second-order valence-electron chi connectivity index (χ2n) is 5.63. The van der Waals surface area contributed by atoms with Gasteiger partial charge in [-0.2, -0.15) is 0 Å². The lowest BCUT2D eigenvalue weighted by molar-refractivity contribution is -0.143. The summed E-state index contributed by atoms with van der Waals surface area (Å²) in [7, 11) is 3.31. The molecule has 0 unspecified atom stereocenters. The van der Waals surface area contributed by atoms with Crippen molar-refractivity contribution in [1.29, 1.82) is 0 Å². The fourth-order valence-electron chi connectivity index (χ4n) is 1.91. The number of likely N-dealkylation sites (N-methyl/N-ethyl adjacent to an activating group) is 2. The molecule has 0 aliphatic carbocycles. The van der Waals surface area contributed by atoms with E-state index >= 15 is 0 Å². The van der Waals surface area contributed by atoms with Crippen molar-refractivity contribution in [3.8, 4) is 0 Å². The third-order valence-electron chi connectivity index (χ3n) is 3.17. The Morgan fingerprint density at radius 1 is 0.667 bits per heavy atom. The summed E-state index contributed by atoms with van der Waals surface area (Å²) in [5.74, 6) is -3.17. The van der Waals surface area contributed by atoms with Gasteiger partial charge in [0.05, 0.1) is 19.6 Å². The molecule has 0 aliphatic rings. The van der Waals surface area contributed by atoms with Crippen LogP contribution in [-0.2, 0) is 23.9 Å². The van der Waals surface area contributed by atoms with Gasteiger partial charge in [0.2, 0.25) is 0 Å². The standard InChI is InChI=1S/C14H23N3O10/c1-15(3-4-16(2)8-11(20)26-13(22)23)5-6-17(7-10(18)19)9-12(21)27-14(24)25/h3-9H2,1-2H3,(H,18,19)(H,22,23)(H,24,25). The zero-order chi connectivity index (χ0) is 21.0. The first kappa shape index (κ1) is 24.2. The van der Waals surface area contributed by atoms with Gasteiger partial charge in [0.1, 0.15) is 0 Å². The Hall–Kier alpha value is -2.77. The summed E-state index contributed by atoms with van der Waals surface area (Å²) in [6.45, 7) is 0.176. The molecule has 0 saturated carbocycles. The highest BCUT2D eigenvalue weighted by Crippen LogP contribution is 1.95. The SMILES string of the molecule is CN(CCN(C)CC(=O)OC(=O)O)CCN(CC(=O)O)CC(=O)OC(=O)O. The van der Waals surface area contributed by atoms with Crippen LogP contribution >= 0.6 is 0 Å². The van der Waals surface area contributed by atoms with E-state index in [-0.39, 0.29) is 13.1 Å². The van der Waals surface area contributed by atoms with Gasteiger partial charge in [-0.15, -0.1) is 0 Å². The molecule has 0 aliphatic heterocycles. The Kier molecular flexibility index (Phi) is 11.3. The smallest absolute Gasteiger partial charge is 0.480 e. The van der Waals surface area contributed by atoms with Gasteiger partial charge in [0, 0.05) is 26.2 Å². The largest absolute Gasteiger partial charge is 0.513 e. The lowest BCUT2D eigenvalue weighted by Gasteiger charge is -2.24. The van der Waals surface area contributed by atoms with E-state index in [1.165, 1.54) is 4.90 Å². The molecule has 0 aromatic rings. The molecule has 27 heavy (non-hydrogen) atoms. The zero-order valence-electron chi connectivity index (χ0n) is 15.0. The van der Waals surface area contributed by atoms with Crippen LogP contribution in [0.2, 0.25) is 0 Å².